The molecule has 122 valence electrons. The van der Waals surface area contributed by atoms with Gasteiger partial charge in [-0.15, -0.1) is 0 Å². The van der Waals surface area contributed by atoms with Crippen molar-refractivity contribution in [3.05, 3.63) is 56.6 Å². The van der Waals surface area contributed by atoms with E-state index in [1.54, 1.807) is 0 Å². The van der Waals surface area contributed by atoms with Gasteiger partial charge in [0.1, 0.15) is 0 Å². The molecule has 2 N–H and O–H groups in total. The Bertz CT molecular complexity index is 840. The second-order valence-corrected chi connectivity index (χ2v) is 8.20. The van der Waals surface area contributed by atoms with E-state index in [9.17, 15) is 13.2 Å². The van der Waals surface area contributed by atoms with Gasteiger partial charge in [-0.25, -0.2) is 13.1 Å². The number of amides is 1. The van der Waals surface area contributed by atoms with Crippen molar-refractivity contribution < 1.29 is 13.2 Å². The summed E-state index contributed by atoms with van der Waals surface area (Å²) in [4.78, 5) is 11.1. The van der Waals surface area contributed by atoms with Gasteiger partial charge in [0.2, 0.25) is 15.9 Å². The van der Waals surface area contributed by atoms with Crippen LogP contribution in [0.5, 0.6) is 0 Å². The minimum absolute atomic E-state index is 0.0437. The summed E-state index contributed by atoms with van der Waals surface area (Å²) >= 11 is 8.18. The molecule has 0 spiro atoms. The van der Waals surface area contributed by atoms with Crippen molar-refractivity contribution in [3.8, 4) is 0 Å². The predicted molar refractivity (Wildman–Crippen MR) is 98.9 cm³/mol. The number of sulfonamides is 1. The second-order valence-electron chi connectivity index (χ2n) is 4.78. The number of hydrogen-bond acceptors (Lipinski definition) is 3. The van der Waals surface area contributed by atoms with Crippen molar-refractivity contribution in [2.24, 2.45) is 0 Å². The van der Waals surface area contributed by atoms with Crippen molar-refractivity contribution in [2.45, 2.75) is 18.4 Å². The summed E-state index contributed by atoms with van der Waals surface area (Å²) in [5, 5.41) is 2.69. The van der Waals surface area contributed by atoms with E-state index in [1.165, 1.54) is 25.1 Å². The lowest BCUT2D eigenvalue weighted by Crippen LogP contribution is -2.23. The molecule has 0 radical (unpaired) electrons. The van der Waals surface area contributed by atoms with Gasteiger partial charge in [0.15, 0.2) is 0 Å². The maximum Gasteiger partial charge on any atom is 0.240 e. The number of anilines is 1. The first-order valence-electron chi connectivity index (χ1n) is 6.59. The molecule has 0 bridgehead atoms. The number of hydrogen-bond donors (Lipinski definition) is 2. The molecule has 1 amide bonds. The number of rotatable bonds is 5. The quantitative estimate of drug-likeness (QED) is 0.666. The highest BCUT2D eigenvalue weighted by molar-refractivity contribution is 14.1. The molecule has 2 aromatic carbocycles. The molecule has 5 nitrogen and oxygen atoms in total. The minimum atomic E-state index is -3.69. The molecule has 0 saturated heterocycles. The first kappa shape index (κ1) is 18.2. The summed E-state index contributed by atoms with van der Waals surface area (Å²) in [6, 6.07) is 11.7. The highest BCUT2D eigenvalue weighted by atomic mass is 127. The first-order valence-corrected chi connectivity index (χ1v) is 9.53. The predicted octanol–water partition coefficient (Wildman–Crippen LogP) is 3.38. The van der Waals surface area contributed by atoms with Crippen LogP contribution in [0.4, 0.5) is 5.69 Å². The molecule has 0 aliphatic rings. The van der Waals surface area contributed by atoms with E-state index in [0.717, 1.165) is 9.13 Å². The molecule has 0 unspecified atom stereocenters. The van der Waals surface area contributed by atoms with E-state index in [4.69, 9.17) is 11.6 Å². The fourth-order valence-corrected chi connectivity index (χ4v) is 3.81. The van der Waals surface area contributed by atoms with Gasteiger partial charge in [-0.05, 0) is 58.5 Å². The number of nitrogens with one attached hydrogen (secondary N) is 2. The molecule has 0 heterocycles. The van der Waals surface area contributed by atoms with Crippen LogP contribution in [0.2, 0.25) is 5.02 Å². The van der Waals surface area contributed by atoms with Crippen LogP contribution in [0, 0.1) is 3.57 Å². The van der Waals surface area contributed by atoms with Crippen molar-refractivity contribution in [1.82, 2.24) is 4.72 Å². The monoisotopic (exact) mass is 464 g/mol. The number of carbonyl (C=O) groups excluding carboxylic acids is 1. The van der Waals surface area contributed by atoms with Gasteiger partial charge in [0.25, 0.3) is 0 Å². The van der Waals surface area contributed by atoms with Gasteiger partial charge in [-0.3, -0.25) is 4.79 Å². The fourth-order valence-electron chi connectivity index (χ4n) is 1.86. The van der Waals surface area contributed by atoms with Crippen molar-refractivity contribution in [2.75, 3.05) is 5.32 Å². The van der Waals surface area contributed by atoms with Gasteiger partial charge in [-0.2, -0.15) is 0 Å². The third-order valence-electron chi connectivity index (χ3n) is 2.92. The van der Waals surface area contributed by atoms with Crippen LogP contribution >= 0.6 is 34.2 Å². The normalized spacial score (nSPS) is 11.3. The number of halogens is 2. The highest BCUT2D eigenvalue weighted by Crippen LogP contribution is 2.25. The Balaban J connectivity index is 2.16. The zero-order valence-corrected chi connectivity index (χ0v) is 15.9. The highest BCUT2D eigenvalue weighted by Gasteiger charge is 2.16. The van der Waals surface area contributed by atoms with E-state index >= 15 is 0 Å². The van der Waals surface area contributed by atoms with Gasteiger partial charge < -0.3 is 5.32 Å². The van der Waals surface area contributed by atoms with Crippen LogP contribution in [-0.2, 0) is 21.4 Å². The Morgan fingerprint density at radius 1 is 1.22 bits per heavy atom. The standard InChI is InChI=1S/C15H14ClIN2O3S/c1-10(20)19-15-6-5-13(8-14(15)16)23(21,22)18-9-11-3-2-4-12(17)7-11/h2-8,18H,9H2,1H3,(H,19,20). The smallest absolute Gasteiger partial charge is 0.240 e. The Hall–Kier alpha value is -1.16. The molecule has 8 heteroatoms. The van der Waals surface area contributed by atoms with Crippen LogP contribution in [0.25, 0.3) is 0 Å². The average Bonchev–Trinajstić information content (AvgIpc) is 2.47. The van der Waals surface area contributed by atoms with Gasteiger partial charge >= 0.3 is 0 Å². The third-order valence-corrected chi connectivity index (χ3v) is 5.30. The van der Waals surface area contributed by atoms with Crippen LogP contribution in [0.15, 0.2) is 47.4 Å². The van der Waals surface area contributed by atoms with E-state index < -0.39 is 10.0 Å². The van der Waals surface area contributed by atoms with Crippen molar-refractivity contribution in [1.29, 1.82) is 0 Å². The van der Waals surface area contributed by atoms with Gasteiger partial charge in [0.05, 0.1) is 15.6 Å². The van der Waals surface area contributed by atoms with Gasteiger partial charge in [0, 0.05) is 17.0 Å². The molecule has 2 aromatic rings. The number of carbonyl (C=O) groups is 1. The van der Waals surface area contributed by atoms with Crippen LogP contribution in [0.1, 0.15) is 12.5 Å². The van der Waals surface area contributed by atoms with E-state index in [0.29, 0.717) is 5.69 Å². The lowest BCUT2D eigenvalue weighted by Gasteiger charge is -2.10. The van der Waals surface area contributed by atoms with E-state index in [2.05, 4.69) is 32.6 Å². The van der Waals surface area contributed by atoms with Crippen LogP contribution in [-0.4, -0.2) is 14.3 Å². The van der Waals surface area contributed by atoms with E-state index in [1.807, 2.05) is 24.3 Å². The van der Waals surface area contributed by atoms with Crippen molar-refractivity contribution in [3.63, 3.8) is 0 Å². The fraction of sp³-hybridized carbons (Fsp3) is 0.133. The minimum Gasteiger partial charge on any atom is -0.325 e. The Kier molecular flexibility index (Phi) is 6.01. The summed E-state index contributed by atoms with van der Waals surface area (Å²) in [5.41, 5.74) is 1.23. The van der Waals surface area contributed by atoms with Crippen molar-refractivity contribution >= 4 is 55.8 Å². The van der Waals surface area contributed by atoms with E-state index in [-0.39, 0.29) is 22.4 Å². The van der Waals surface area contributed by atoms with Crippen LogP contribution in [0.3, 0.4) is 0 Å². The average molecular weight is 465 g/mol. The van der Waals surface area contributed by atoms with Gasteiger partial charge in [-0.1, -0.05) is 23.7 Å². The lowest BCUT2D eigenvalue weighted by molar-refractivity contribution is -0.114. The topological polar surface area (TPSA) is 75.3 Å². The molecule has 0 aliphatic carbocycles. The molecule has 0 aromatic heterocycles. The lowest BCUT2D eigenvalue weighted by atomic mass is 10.2. The molecule has 0 atom stereocenters. The first-order chi connectivity index (χ1) is 10.8. The molecule has 23 heavy (non-hydrogen) atoms. The maximum absolute atomic E-state index is 12.3. The summed E-state index contributed by atoms with van der Waals surface area (Å²) in [6.07, 6.45) is 0. The zero-order chi connectivity index (χ0) is 17.0. The third kappa shape index (κ3) is 5.17. The largest absolute Gasteiger partial charge is 0.325 e. The molecule has 0 fully saturated rings. The summed E-state index contributed by atoms with van der Waals surface area (Å²) in [7, 11) is -3.69. The Morgan fingerprint density at radius 2 is 1.96 bits per heavy atom. The maximum atomic E-state index is 12.3. The molecular weight excluding hydrogens is 451 g/mol. The second kappa shape index (κ2) is 7.61. The SMILES string of the molecule is CC(=O)Nc1ccc(S(=O)(=O)NCc2cccc(I)c2)cc1Cl. The van der Waals surface area contributed by atoms with Crippen LogP contribution < -0.4 is 10.0 Å². The summed E-state index contributed by atoms with van der Waals surface area (Å²) in [6.45, 7) is 1.54. The Morgan fingerprint density at radius 3 is 2.57 bits per heavy atom. The zero-order valence-electron chi connectivity index (χ0n) is 12.1. The molecule has 2 rings (SSSR count). The summed E-state index contributed by atoms with van der Waals surface area (Å²) < 4.78 is 28.2. The summed E-state index contributed by atoms with van der Waals surface area (Å²) in [5.74, 6) is -0.278. The molecular formula is C15H14ClIN2O3S. The molecule has 0 aliphatic heterocycles. The Labute approximate surface area is 153 Å². The molecule has 0 saturated carbocycles. The number of benzene rings is 2.